The van der Waals surface area contributed by atoms with Crippen LogP contribution in [0.5, 0.6) is 0 Å². The molecule has 0 bridgehead atoms. The Kier molecular flexibility index (Phi) is 3.31. The average molecular weight is 255 g/mol. The molecule has 0 spiro atoms. The van der Waals surface area contributed by atoms with Gasteiger partial charge >= 0.3 is 5.97 Å². The largest absolute Gasteiger partial charge is 0.464 e. The molecule has 2 N–H and O–H groups in total. The van der Waals surface area contributed by atoms with Gasteiger partial charge in [-0.1, -0.05) is 17.7 Å². The highest BCUT2D eigenvalue weighted by atomic mass is 35.5. The van der Waals surface area contributed by atoms with E-state index in [4.69, 9.17) is 16.3 Å². The first kappa shape index (κ1) is 11.9. The van der Waals surface area contributed by atoms with Gasteiger partial charge in [0.1, 0.15) is 5.15 Å². The Hall–Kier alpha value is -1.59. The standard InChI is InChI=1S/C11H11ClN2O3/c1-2-17-11(16)9(15)6-3-4-8-7(5-6)10(12)14-13-8/h3-5,9,15H,2H2,1H3,(H,13,14). The summed E-state index contributed by atoms with van der Waals surface area (Å²) in [6.07, 6.45) is -1.30. The first-order chi connectivity index (χ1) is 8.13. The van der Waals surface area contributed by atoms with Gasteiger partial charge in [-0.15, -0.1) is 0 Å². The summed E-state index contributed by atoms with van der Waals surface area (Å²) in [7, 11) is 0. The van der Waals surface area contributed by atoms with Crippen LogP contribution in [-0.2, 0) is 9.53 Å². The first-order valence-electron chi connectivity index (χ1n) is 5.11. The normalized spacial score (nSPS) is 12.6. The van der Waals surface area contributed by atoms with E-state index in [1.165, 1.54) is 0 Å². The number of fused-ring (bicyclic) bond motifs is 1. The molecule has 90 valence electrons. The predicted molar refractivity (Wildman–Crippen MR) is 62.7 cm³/mol. The number of carbonyl (C=O) groups excluding carboxylic acids is 1. The van der Waals surface area contributed by atoms with Gasteiger partial charge in [-0.05, 0) is 24.6 Å². The Bertz CT molecular complexity index is 553. The molecule has 0 amide bonds. The maximum atomic E-state index is 11.4. The predicted octanol–water partition coefficient (Wildman–Crippen LogP) is 1.81. The summed E-state index contributed by atoms with van der Waals surface area (Å²) in [5, 5.41) is 17.4. The number of aliphatic hydroxyl groups is 1. The molecule has 0 saturated carbocycles. The molecule has 1 unspecified atom stereocenters. The van der Waals surface area contributed by atoms with E-state index in [9.17, 15) is 9.90 Å². The average Bonchev–Trinajstić information content (AvgIpc) is 2.70. The Balaban J connectivity index is 2.35. The van der Waals surface area contributed by atoms with Gasteiger partial charge in [0.05, 0.1) is 12.1 Å². The minimum Gasteiger partial charge on any atom is -0.464 e. The number of ether oxygens (including phenoxy) is 1. The van der Waals surface area contributed by atoms with Crippen LogP contribution in [0.15, 0.2) is 18.2 Å². The lowest BCUT2D eigenvalue weighted by Crippen LogP contribution is -2.15. The molecule has 17 heavy (non-hydrogen) atoms. The number of halogens is 1. The molecule has 0 saturated heterocycles. The third-order valence-corrected chi connectivity index (χ3v) is 2.65. The minimum absolute atomic E-state index is 0.227. The van der Waals surface area contributed by atoms with E-state index in [1.807, 2.05) is 0 Å². The zero-order chi connectivity index (χ0) is 12.4. The molecular formula is C11H11ClN2O3. The van der Waals surface area contributed by atoms with Crippen molar-refractivity contribution < 1.29 is 14.6 Å². The Morgan fingerprint density at radius 3 is 3.12 bits per heavy atom. The van der Waals surface area contributed by atoms with Crippen LogP contribution >= 0.6 is 11.6 Å². The lowest BCUT2D eigenvalue weighted by molar-refractivity contribution is -0.153. The number of nitrogens with one attached hydrogen (secondary N) is 1. The fourth-order valence-corrected chi connectivity index (χ4v) is 1.72. The molecule has 2 aromatic rings. The van der Waals surface area contributed by atoms with Crippen molar-refractivity contribution >= 4 is 28.5 Å². The molecule has 0 radical (unpaired) electrons. The summed E-state index contributed by atoms with van der Waals surface area (Å²) < 4.78 is 4.74. The fourth-order valence-electron chi connectivity index (χ4n) is 1.52. The molecule has 0 fully saturated rings. The van der Waals surface area contributed by atoms with Crippen molar-refractivity contribution in [3.05, 3.63) is 28.9 Å². The van der Waals surface area contributed by atoms with E-state index < -0.39 is 12.1 Å². The smallest absolute Gasteiger partial charge is 0.339 e. The van der Waals surface area contributed by atoms with Gasteiger partial charge in [0.2, 0.25) is 0 Å². The second-order valence-electron chi connectivity index (χ2n) is 3.47. The van der Waals surface area contributed by atoms with E-state index in [1.54, 1.807) is 25.1 Å². The Morgan fingerprint density at radius 1 is 1.65 bits per heavy atom. The van der Waals surface area contributed by atoms with Crippen molar-refractivity contribution in [3.63, 3.8) is 0 Å². The number of esters is 1. The zero-order valence-corrected chi connectivity index (χ0v) is 9.86. The van der Waals surface area contributed by atoms with Crippen LogP contribution in [0.1, 0.15) is 18.6 Å². The molecule has 0 aliphatic carbocycles. The zero-order valence-electron chi connectivity index (χ0n) is 9.11. The minimum atomic E-state index is -1.30. The third-order valence-electron chi connectivity index (χ3n) is 2.36. The summed E-state index contributed by atoms with van der Waals surface area (Å²) in [6.45, 7) is 1.91. The second kappa shape index (κ2) is 4.73. The summed E-state index contributed by atoms with van der Waals surface area (Å²) in [4.78, 5) is 11.4. The molecule has 1 aromatic carbocycles. The number of rotatable bonds is 3. The van der Waals surface area contributed by atoms with Crippen LogP contribution in [0.4, 0.5) is 0 Å². The van der Waals surface area contributed by atoms with Crippen molar-refractivity contribution in [1.82, 2.24) is 10.2 Å². The highest BCUT2D eigenvalue weighted by Crippen LogP contribution is 2.24. The number of aromatic nitrogens is 2. The number of H-pyrrole nitrogens is 1. The summed E-state index contributed by atoms with van der Waals surface area (Å²) >= 11 is 5.87. The molecular weight excluding hydrogens is 244 g/mol. The van der Waals surface area contributed by atoms with Crippen molar-refractivity contribution in [2.24, 2.45) is 0 Å². The van der Waals surface area contributed by atoms with Gasteiger partial charge in [-0.25, -0.2) is 4.79 Å². The van der Waals surface area contributed by atoms with E-state index in [0.717, 1.165) is 0 Å². The van der Waals surface area contributed by atoms with E-state index in [0.29, 0.717) is 21.6 Å². The second-order valence-corrected chi connectivity index (χ2v) is 3.85. The molecule has 1 heterocycles. The highest BCUT2D eigenvalue weighted by Gasteiger charge is 2.19. The molecule has 0 aliphatic heterocycles. The Morgan fingerprint density at radius 2 is 2.41 bits per heavy atom. The van der Waals surface area contributed by atoms with Gasteiger partial charge in [0, 0.05) is 5.39 Å². The number of nitrogens with zero attached hydrogens (tertiary/aromatic N) is 1. The molecule has 5 nitrogen and oxygen atoms in total. The van der Waals surface area contributed by atoms with Crippen LogP contribution in [0, 0.1) is 0 Å². The summed E-state index contributed by atoms with van der Waals surface area (Å²) in [5.41, 5.74) is 1.11. The van der Waals surface area contributed by atoms with Crippen LogP contribution < -0.4 is 0 Å². The molecule has 2 rings (SSSR count). The van der Waals surface area contributed by atoms with E-state index in [2.05, 4.69) is 10.2 Å². The Labute approximate surface area is 102 Å². The van der Waals surface area contributed by atoms with Crippen molar-refractivity contribution in [3.8, 4) is 0 Å². The van der Waals surface area contributed by atoms with E-state index in [-0.39, 0.29) is 6.61 Å². The van der Waals surface area contributed by atoms with Crippen LogP contribution in [0.25, 0.3) is 10.9 Å². The van der Waals surface area contributed by atoms with Gasteiger partial charge < -0.3 is 9.84 Å². The molecule has 1 aromatic heterocycles. The SMILES string of the molecule is CCOC(=O)C(O)c1ccc2n[nH]c(Cl)c2c1. The number of benzene rings is 1. The fraction of sp³-hybridized carbons (Fsp3) is 0.273. The molecule has 6 heteroatoms. The maximum Gasteiger partial charge on any atom is 0.339 e. The molecule has 0 aliphatic rings. The lowest BCUT2D eigenvalue weighted by atomic mass is 10.1. The number of hydrogen-bond donors (Lipinski definition) is 2. The van der Waals surface area contributed by atoms with Crippen LogP contribution in [-0.4, -0.2) is 27.9 Å². The number of carbonyl (C=O) groups is 1. The summed E-state index contributed by atoms with van der Waals surface area (Å²) in [5.74, 6) is -0.675. The van der Waals surface area contributed by atoms with Crippen molar-refractivity contribution in [2.45, 2.75) is 13.0 Å². The lowest BCUT2D eigenvalue weighted by Gasteiger charge is -2.09. The van der Waals surface area contributed by atoms with Gasteiger partial charge in [0.25, 0.3) is 0 Å². The third kappa shape index (κ3) is 2.25. The number of aliphatic hydroxyl groups excluding tert-OH is 1. The van der Waals surface area contributed by atoms with Crippen LogP contribution in [0.3, 0.4) is 0 Å². The van der Waals surface area contributed by atoms with Gasteiger partial charge in [0.15, 0.2) is 6.10 Å². The maximum absolute atomic E-state index is 11.4. The quantitative estimate of drug-likeness (QED) is 0.819. The van der Waals surface area contributed by atoms with Crippen molar-refractivity contribution in [1.29, 1.82) is 0 Å². The first-order valence-corrected chi connectivity index (χ1v) is 5.49. The number of hydrogen-bond acceptors (Lipinski definition) is 4. The van der Waals surface area contributed by atoms with Crippen molar-refractivity contribution in [2.75, 3.05) is 6.61 Å². The highest BCUT2D eigenvalue weighted by molar-refractivity contribution is 6.34. The topological polar surface area (TPSA) is 75.2 Å². The van der Waals surface area contributed by atoms with Crippen LogP contribution in [0.2, 0.25) is 5.15 Å². The summed E-state index contributed by atoms with van der Waals surface area (Å²) in [6, 6.07) is 4.90. The molecule has 1 atom stereocenters. The van der Waals surface area contributed by atoms with Gasteiger partial charge in [-0.2, -0.15) is 5.10 Å². The number of aromatic amines is 1. The van der Waals surface area contributed by atoms with Gasteiger partial charge in [-0.3, -0.25) is 5.10 Å². The monoisotopic (exact) mass is 254 g/mol. The van der Waals surface area contributed by atoms with E-state index >= 15 is 0 Å².